The zero-order valence-corrected chi connectivity index (χ0v) is 22.7. The number of allylic oxidation sites excluding steroid dienone is 12. The van der Waals surface area contributed by atoms with Crippen LogP contribution in [0.1, 0.15) is 84.5 Å². The lowest BCUT2D eigenvalue weighted by atomic mass is 10.1. The number of nitrogens with two attached hydrogens (primary N) is 1. The molecule has 0 fully saturated rings. The van der Waals surface area contributed by atoms with Gasteiger partial charge in [-0.15, -0.1) is 0 Å². The second kappa shape index (κ2) is 30.3. The van der Waals surface area contributed by atoms with Crippen LogP contribution in [0.3, 0.4) is 0 Å². The Hall–Kier alpha value is -2.70. The van der Waals surface area contributed by atoms with Crippen LogP contribution in [-0.4, -0.2) is 36.1 Å². The van der Waals surface area contributed by atoms with E-state index in [4.69, 9.17) is 10.8 Å². The SMILES string of the molecule is CC/C=C\C/C=C\C/C=C\C/C=C\C/C=C\C/C=C\CCC.NCC(=O)N[C@@H](CCCC[NH3+])C(=O)O. The van der Waals surface area contributed by atoms with E-state index < -0.39 is 17.9 Å². The van der Waals surface area contributed by atoms with Crippen molar-refractivity contribution in [3.8, 4) is 0 Å². The number of quaternary nitrogens is 1. The topological polar surface area (TPSA) is 120 Å². The molecule has 0 spiro atoms. The van der Waals surface area contributed by atoms with Gasteiger partial charge in [-0.3, -0.25) is 4.79 Å². The summed E-state index contributed by atoms with van der Waals surface area (Å²) in [6.07, 6.45) is 37.7. The normalized spacial score (nSPS) is 12.9. The first-order valence-electron chi connectivity index (χ1n) is 13.4. The lowest BCUT2D eigenvalue weighted by Gasteiger charge is -2.12. The first-order valence-corrected chi connectivity index (χ1v) is 13.4. The van der Waals surface area contributed by atoms with Gasteiger partial charge in [0.1, 0.15) is 6.04 Å². The van der Waals surface area contributed by atoms with Crippen molar-refractivity contribution >= 4 is 11.9 Å². The summed E-state index contributed by atoms with van der Waals surface area (Å²) in [7, 11) is 0. The lowest BCUT2D eigenvalue weighted by molar-refractivity contribution is -0.368. The van der Waals surface area contributed by atoms with Crippen LogP contribution in [-0.2, 0) is 9.59 Å². The van der Waals surface area contributed by atoms with Crippen molar-refractivity contribution in [3.05, 3.63) is 72.9 Å². The highest BCUT2D eigenvalue weighted by Crippen LogP contribution is 2.00. The Morgan fingerprint density at radius 3 is 1.58 bits per heavy atom. The largest absolute Gasteiger partial charge is 0.480 e. The van der Waals surface area contributed by atoms with E-state index in [0.29, 0.717) is 6.42 Å². The predicted octanol–water partition coefficient (Wildman–Crippen LogP) is 5.41. The smallest absolute Gasteiger partial charge is 0.326 e. The number of carboxylic acids is 1. The van der Waals surface area contributed by atoms with Gasteiger partial charge < -0.3 is 21.9 Å². The monoisotopic (exact) mass is 502 g/mol. The minimum absolute atomic E-state index is 0.181. The number of unbranched alkanes of at least 4 members (excludes halogenated alkanes) is 2. The molecular weight excluding hydrogens is 450 g/mol. The minimum Gasteiger partial charge on any atom is -0.480 e. The fourth-order valence-corrected chi connectivity index (χ4v) is 2.84. The molecule has 0 saturated heterocycles. The van der Waals surface area contributed by atoms with Gasteiger partial charge in [0, 0.05) is 0 Å². The number of rotatable bonds is 20. The molecule has 6 nitrogen and oxygen atoms in total. The zero-order valence-electron chi connectivity index (χ0n) is 22.7. The van der Waals surface area contributed by atoms with Crippen LogP contribution in [0.25, 0.3) is 0 Å². The van der Waals surface area contributed by atoms with Gasteiger partial charge in [-0.05, 0) is 64.2 Å². The molecule has 0 heterocycles. The minimum atomic E-state index is -1.02. The van der Waals surface area contributed by atoms with Crippen molar-refractivity contribution in [2.45, 2.75) is 90.5 Å². The molecule has 0 aromatic rings. The molecule has 0 unspecified atom stereocenters. The van der Waals surface area contributed by atoms with Gasteiger partial charge in [-0.25, -0.2) is 4.79 Å². The van der Waals surface area contributed by atoms with Crippen LogP contribution in [0.4, 0.5) is 0 Å². The lowest BCUT2D eigenvalue weighted by Crippen LogP contribution is -2.50. The maximum Gasteiger partial charge on any atom is 0.326 e. The van der Waals surface area contributed by atoms with Gasteiger partial charge in [-0.1, -0.05) is 93.2 Å². The van der Waals surface area contributed by atoms with Crippen LogP contribution < -0.4 is 16.8 Å². The maximum atomic E-state index is 10.8. The van der Waals surface area contributed by atoms with Crippen molar-refractivity contribution in [2.24, 2.45) is 5.73 Å². The van der Waals surface area contributed by atoms with E-state index >= 15 is 0 Å². The summed E-state index contributed by atoms with van der Waals surface area (Å²) >= 11 is 0. The van der Waals surface area contributed by atoms with E-state index in [1.54, 1.807) is 0 Å². The molecule has 0 aliphatic heterocycles. The molecule has 0 aromatic heterocycles. The Morgan fingerprint density at radius 2 is 1.22 bits per heavy atom. The van der Waals surface area contributed by atoms with Crippen LogP contribution in [0.15, 0.2) is 72.9 Å². The van der Waals surface area contributed by atoms with Gasteiger partial charge in [0.25, 0.3) is 0 Å². The van der Waals surface area contributed by atoms with Gasteiger partial charge >= 0.3 is 5.97 Å². The predicted molar refractivity (Wildman–Crippen MR) is 153 cm³/mol. The van der Waals surface area contributed by atoms with Crippen LogP contribution in [0.5, 0.6) is 0 Å². The Morgan fingerprint density at radius 1 is 0.778 bits per heavy atom. The number of amides is 1. The molecule has 1 amide bonds. The molecule has 1 atom stereocenters. The third kappa shape index (κ3) is 29.3. The van der Waals surface area contributed by atoms with E-state index in [0.717, 1.165) is 57.9 Å². The molecule has 0 aliphatic carbocycles. The zero-order chi connectivity index (χ0) is 27.1. The van der Waals surface area contributed by atoms with Gasteiger partial charge in [0.2, 0.25) is 5.91 Å². The van der Waals surface area contributed by atoms with Gasteiger partial charge in [0.05, 0.1) is 13.1 Å². The van der Waals surface area contributed by atoms with Crippen LogP contribution in [0.2, 0.25) is 0 Å². The Bertz CT molecular complexity index is 692. The van der Waals surface area contributed by atoms with Crippen molar-refractivity contribution in [2.75, 3.05) is 13.1 Å². The molecular formula is C30H52N3O3+. The summed E-state index contributed by atoms with van der Waals surface area (Å²) in [5.74, 6) is -1.46. The molecule has 204 valence electrons. The van der Waals surface area contributed by atoms with Crippen molar-refractivity contribution in [3.63, 3.8) is 0 Å². The summed E-state index contributed by atoms with van der Waals surface area (Å²) in [4.78, 5) is 21.5. The fourth-order valence-electron chi connectivity index (χ4n) is 2.84. The fraction of sp³-hybridized carbons (Fsp3) is 0.533. The molecule has 0 radical (unpaired) electrons. The van der Waals surface area contributed by atoms with Gasteiger partial charge in [-0.2, -0.15) is 0 Å². The Labute approximate surface area is 220 Å². The summed E-state index contributed by atoms with van der Waals surface area (Å²) in [5.41, 5.74) is 8.71. The van der Waals surface area contributed by atoms with Crippen molar-refractivity contribution < 1.29 is 20.4 Å². The molecule has 7 N–H and O–H groups in total. The van der Waals surface area contributed by atoms with E-state index in [9.17, 15) is 9.59 Å². The standard InChI is InChI=1S/C22H34.C8H17N3O3/c1-3-5-7-9-11-13-15-17-19-21-22-20-18-16-14-12-10-8-6-4-2;9-4-2-1-3-6(8(13)14)11-7(12)5-10/h5,7-8,10-11,13-14,16-17,19-20,22H,3-4,6,9,12,15,18,21H2,1-2H3;6H,1-5,9-10H2,(H,11,12)(H,13,14)/p+1/b7-5-,10-8-,13-11-,16-14-,19-17-,22-20-;/t;6-/m.0/s1. The molecule has 0 rings (SSSR count). The average molecular weight is 503 g/mol. The number of carboxylic acid groups (broad SMARTS) is 1. The first kappa shape index (κ1) is 35.5. The summed E-state index contributed by atoms with van der Waals surface area (Å²) < 4.78 is 0. The number of aliphatic carboxylic acids is 1. The highest BCUT2D eigenvalue weighted by molar-refractivity contribution is 5.84. The highest BCUT2D eigenvalue weighted by Gasteiger charge is 2.18. The number of nitrogens with one attached hydrogen (secondary N) is 1. The maximum absolute atomic E-state index is 10.8. The Balaban J connectivity index is 0. The molecule has 0 bridgehead atoms. The third-order valence-electron chi connectivity index (χ3n) is 4.86. The Kier molecular flexibility index (Phi) is 29.9. The van der Waals surface area contributed by atoms with E-state index in [1.807, 2.05) is 0 Å². The molecule has 0 aliphatic rings. The van der Waals surface area contributed by atoms with Crippen molar-refractivity contribution in [1.82, 2.24) is 5.32 Å². The number of hydrogen-bond acceptors (Lipinski definition) is 3. The summed E-state index contributed by atoms with van der Waals surface area (Å²) in [6, 6.07) is -0.822. The number of hydrogen-bond donors (Lipinski definition) is 4. The first-order chi connectivity index (χ1) is 17.5. The average Bonchev–Trinajstić information content (AvgIpc) is 2.87. The van der Waals surface area contributed by atoms with Crippen LogP contribution >= 0.6 is 0 Å². The van der Waals surface area contributed by atoms with Crippen molar-refractivity contribution in [1.29, 1.82) is 0 Å². The van der Waals surface area contributed by atoms with E-state index in [-0.39, 0.29) is 6.54 Å². The number of carbonyl (C=O) groups is 2. The summed E-state index contributed by atoms with van der Waals surface area (Å²) in [5, 5.41) is 11.1. The van der Waals surface area contributed by atoms with Crippen LogP contribution in [0, 0.1) is 0 Å². The number of carbonyl (C=O) groups excluding carboxylic acids is 1. The third-order valence-corrected chi connectivity index (χ3v) is 4.86. The van der Waals surface area contributed by atoms with E-state index in [2.05, 4.69) is 97.8 Å². The molecule has 0 aromatic carbocycles. The quantitative estimate of drug-likeness (QED) is 0.131. The second-order valence-corrected chi connectivity index (χ2v) is 8.22. The molecule has 36 heavy (non-hydrogen) atoms. The van der Waals surface area contributed by atoms with Gasteiger partial charge in [0.15, 0.2) is 0 Å². The molecule has 6 heteroatoms. The second-order valence-electron chi connectivity index (χ2n) is 8.22. The summed E-state index contributed by atoms with van der Waals surface area (Å²) in [6.45, 7) is 4.97. The highest BCUT2D eigenvalue weighted by atomic mass is 16.4. The van der Waals surface area contributed by atoms with E-state index in [1.165, 1.54) is 12.8 Å². The molecule has 0 saturated carbocycles.